The number of oxime groups is 1. The van der Waals surface area contributed by atoms with E-state index in [1.54, 1.807) is 0 Å². The first kappa shape index (κ1) is 19.3. The number of ether oxygens (including phenoxy) is 1. The van der Waals surface area contributed by atoms with Gasteiger partial charge in [-0.25, -0.2) is 0 Å². The van der Waals surface area contributed by atoms with Gasteiger partial charge in [-0.1, -0.05) is 46.7 Å². The van der Waals surface area contributed by atoms with Crippen LogP contribution in [0.15, 0.2) is 17.3 Å². The monoisotopic (exact) mass is 347 g/mol. The van der Waals surface area contributed by atoms with Gasteiger partial charge in [0.2, 0.25) is 0 Å². The van der Waals surface area contributed by atoms with Crippen molar-refractivity contribution in [1.82, 2.24) is 0 Å². The number of hydrogen-bond acceptors (Lipinski definition) is 5. The molecule has 1 aromatic rings. The van der Waals surface area contributed by atoms with Crippen molar-refractivity contribution in [2.45, 2.75) is 71.3 Å². The second-order valence-corrected chi connectivity index (χ2v) is 8.67. The molecule has 2 rings (SSSR count). The molecule has 0 aromatic heterocycles. The second kappa shape index (κ2) is 6.70. The fourth-order valence-corrected chi connectivity index (χ4v) is 2.92. The van der Waals surface area contributed by atoms with Crippen molar-refractivity contribution < 1.29 is 19.5 Å². The summed E-state index contributed by atoms with van der Waals surface area (Å²) in [7, 11) is 1.37. The Labute approximate surface area is 150 Å². The van der Waals surface area contributed by atoms with Crippen LogP contribution in [-0.2, 0) is 25.2 Å². The van der Waals surface area contributed by atoms with E-state index in [9.17, 15) is 9.90 Å². The predicted molar refractivity (Wildman–Crippen MR) is 98.2 cm³/mol. The molecule has 0 spiro atoms. The fourth-order valence-electron chi connectivity index (χ4n) is 2.92. The summed E-state index contributed by atoms with van der Waals surface area (Å²) in [6, 6.07) is 3.96. The van der Waals surface area contributed by atoms with Crippen LogP contribution in [0.1, 0.15) is 71.1 Å². The van der Waals surface area contributed by atoms with Gasteiger partial charge in [0.05, 0.1) is 19.2 Å². The molecule has 0 fully saturated rings. The third-order valence-corrected chi connectivity index (χ3v) is 4.41. The molecular formula is C20H29NO4. The molecule has 0 radical (unpaired) electrons. The van der Waals surface area contributed by atoms with E-state index in [2.05, 4.69) is 46.7 Å². The van der Waals surface area contributed by atoms with Crippen molar-refractivity contribution >= 4 is 11.7 Å². The van der Waals surface area contributed by atoms with Gasteiger partial charge in [0, 0.05) is 23.1 Å². The van der Waals surface area contributed by atoms with E-state index in [0.29, 0.717) is 12.2 Å². The predicted octanol–water partition coefficient (Wildman–Crippen LogP) is 4.04. The zero-order chi connectivity index (χ0) is 19.0. The van der Waals surface area contributed by atoms with Gasteiger partial charge < -0.3 is 14.7 Å². The first-order valence-electron chi connectivity index (χ1n) is 8.61. The van der Waals surface area contributed by atoms with Crippen LogP contribution in [0.25, 0.3) is 0 Å². The summed E-state index contributed by atoms with van der Waals surface area (Å²) in [5, 5.41) is 15.0. The molecule has 1 heterocycles. The SMILES string of the molecule is COC(=O)CC1CC(c2cc(C(C)(C)C)c(O)c(C(C)(C)C)c2)=NO1. The molecule has 5 heteroatoms. The molecule has 138 valence electrons. The number of carbonyl (C=O) groups is 1. The lowest BCUT2D eigenvalue weighted by molar-refractivity contribution is -0.143. The van der Waals surface area contributed by atoms with Crippen molar-refractivity contribution in [3.8, 4) is 5.75 Å². The van der Waals surface area contributed by atoms with Gasteiger partial charge in [-0.05, 0) is 23.0 Å². The van der Waals surface area contributed by atoms with E-state index < -0.39 is 0 Å². The van der Waals surface area contributed by atoms with E-state index in [4.69, 9.17) is 9.57 Å². The van der Waals surface area contributed by atoms with Crippen LogP contribution in [0.2, 0.25) is 0 Å². The van der Waals surface area contributed by atoms with Crippen molar-refractivity contribution in [3.05, 3.63) is 28.8 Å². The topological polar surface area (TPSA) is 68.1 Å². The zero-order valence-corrected chi connectivity index (χ0v) is 16.3. The highest BCUT2D eigenvalue weighted by molar-refractivity contribution is 6.02. The molecule has 0 amide bonds. The van der Waals surface area contributed by atoms with Gasteiger partial charge >= 0.3 is 5.97 Å². The summed E-state index contributed by atoms with van der Waals surface area (Å²) < 4.78 is 4.69. The highest BCUT2D eigenvalue weighted by atomic mass is 16.6. The zero-order valence-electron chi connectivity index (χ0n) is 16.3. The van der Waals surface area contributed by atoms with E-state index in [0.717, 1.165) is 22.4 Å². The lowest BCUT2D eigenvalue weighted by Crippen LogP contribution is -2.19. The molecule has 0 bridgehead atoms. The molecule has 1 unspecified atom stereocenters. The summed E-state index contributed by atoms with van der Waals surface area (Å²) in [6.45, 7) is 12.4. The minimum absolute atomic E-state index is 0.180. The van der Waals surface area contributed by atoms with Crippen molar-refractivity contribution in [1.29, 1.82) is 0 Å². The molecular weight excluding hydrogens is 318 g/mol. The maximum atomic E-state index is 11.4. The first-order valence-corrected chi connectivity index (χ1v) is 8.61. The summed E-state index contributed by atoms with van der Waals surface area (Å²) in [6.07, 6.45) is 0.430. The first-order chi connectivity index (χ1) is 11.4. The van der Waals surface area contributed by atoms with Crippen LogP contribution in [0.3, 0.4) is 0 Å². The molecule has 1 aliphatic rings. The summed E-state index contributed by atoms with van der Waals surface area (Å²) in [4.78, 5) is 16.8. The highest BCUT2D eigenvalue weighted by Crippen LogP contribution is 2.40. The number of aromatic hydroxyl groups is 1. The third-order valence-electron chi connectivity index (χ3n) is 4.41. The summed E-state index contributed by atoms with van der Waals surface area (Å²) >= 11 is 0. The Morgan fingerprint density at radius 3 is 2.16 bits per heavy atom. The molecule has 25 heavy (non-hydrogen) atoms. The molecule has 0 aliphatic carbocycles. The summed E-state index contributed by atoms with van der Waals surface area (Å²) in [5.74, 6) is 0.0345. The lowest BCUT2D eigenvalue weighted by atomic mass is 9.78. The Bertz CT molecular complexity index is 658. The Morgan fingerprint density at radius 2 is 1.72 bits per heavy atom. The van der Waals surface area contributed by atoms with E-state index in [1.165, 1.54) is 7.11 Å². The van der Waals surface area contributed by atoms with Gasteiger partial charge in [0.25, 0.3) is 0 Å². The Kier molecular flexibility index (Phi) is 5.17. The number of phenolic OH excluding ortho intramolecular Hbond substituents is 1. The number of carbonyl (C=O) groups excluding carboxylic acids is 1. The molecule has 1 aliphatic heterocycles. The van der Waals surface area contributed by atoms with E-state index >= 15 is 0 Å². The van der Waals surface area contributed by atoms with Crippen LogP contribution in [0.5, 0.6) is 5.75 Å². The largest absolute Gasteiger partial charge is 0.507 e. The van der Waals surface area contributed by atoms with E-state index in [1.807, 2.05) is 12.1 Å². The standard InChI is InChI=1S/C20H29NO4/c1-19(2,3)14-8-12(9-15(18(14)23)20(4,5)6)16-10-13(25-21-16)11-17(22)24-7/h8-9,13,23H,10-11H2,1-7H3. The molecule has 1 atom stereocenters. The van der Waals surface area contributed by atoms with Gasteiger partial charge in [-0.3, -0.25) is 4.79 Å². The number of hydrogen-bond donors (Lipinski definition) is 1. The Morgan fingerprint density at radius 1 is 1.20 bits per heavy atom. The van der Waals surface area contributed by atoms with Crippen molar-refractivity contribution in [3.63, 3.8) is 0 Å². The number of methoxy groups -OCH3 is 1. The van der Waals surface area contributed by atoms with Gasteiger partial charge in [0.15, 0.2) is 0 Å². The Balaban J connectivity index is 2.41. The number of benzene rings is 1. The van der Waals surface area contributed by atoms with Crippen LogP contribution >= 0.6 is 0 Å². The molecule has 5 nitrogen and oxygen atoms in total. The minimum atomic E-state index is -0.307. The molecule has 1 aromatic carbocycles. The number of esters is 1. The molecule has 1 N–H and O–H groups in total. The summed E-state index contributed by atoms with van der Waals surface area (Å²) in [5.41, 5.74) is 3.09. The van der Waals surface area contributed by atoms with Gasteiger partial charge in [-0.15, -0.1) is 0 Å². The third kappa shape index (κ3) is 4.33. The van der Waals surface area contributed by atoms with Crippen molar-refractivity contribution in [2.75, 3.05) is 7.11 Å². The highest BCUT2D eigenvalue weighted by Gasteiger charge is 2.30. The van der Waals surface area contributed by atoms with Crippen LogP contribution in [0, 0.1) is 0 Å². The lowest BCUT2D eigenvalue weighted by Gasteiger charge is -2.28. The van der Waals surface area contributed by atoms with Gasteiger partial charge in [-0.2, -0.15) is 0 Å². The van der Waals surface area contributed by atoms with E-state index in [-0.39, 0.29) is 29.3 Å². The quantitative estimate of drug-likeness (QED) is 0.838. The maximum absolute atomic E-state index is 11.4. The second-order valence-electron chi connectivity index (χ2n) is 8.67. The normalized spacial score (nSPS) is 17.9. The molecule has 0 saturated carbocycles. The van der Waals surface area contributed by atoms with Crippen LogP contribution in [0.4, 0.5) is 0 Å². The smallest absolute Gasteiger partial charge is 0.309 e. The maximum Gasteiger partial charge on any atom is 0.309 e. The molecule has 0 saturated heterocycles. The minimum Gasteiger partial charge on any atom is -0.507 e. The van der Waals surface area contributed by atoms with Crippen LogP contribution < -0.4 is 0 Å². The van der Waals surface area contributed by atoms with Crippen molar-refractivity contribution in [2.24, 2.45) is 5.16 Å². The number of phenols is 1. The average Bonchev–Trinajstić information content (AvgIpc) is 2.93. The van der Waals surface area contributed by atoms with Gasteiger partial charge in [0.1, 0.15) is 11.9 Å². The number of rotatable bonds is 3. The van der Waals surface area contributed by atoms with Crippen LogP contribution in [-0.4, -0.2) is 30.0 Å². The number of nitrogens with zero attached hydrogens (tertiary/aromatic N) is 1. The average molecular weight is 347 g/mol. The fraction of sp³-hybridized carbons (Fsp3) is 0.600. The Hall–Kier alpha value is -2.04.